The maximum Gasteiger partial charge on any atom is 0.309 e. The number of amides is 2. The van der Waals surface area contributed by atoms with Crippen LogP contribution in [-0.4, -0.2) is 41.2 Å². The molecule has 0 aliphatic heterocycles. The normalized spacial score (nSPS) is 10.0. The summed E-state index contributed by atoms with van der Waals surface area (Å²) in [4.78, 5) is 22.4. The summed E-state index contributed by atoms with van der Waals surface area (Å²) in [6.07, 6.45) is 2.32. The Hall–Kier alpha value is -1.89. The Bertz CT molecular complexity index is 388. The monoisotopic (exact) mass is 239 g/mol. The van der Waals surface area contributed by atoms with Crippen molar-refractivity contribution >= 4 is 11.8 Å². The van der Waals surface area contributed by atoms with Crippen molar-refractivity contribution in [1.82, 2.24) is 20.4 Å². The molecule has 94 valence electrons. The Kier molecular flexibility index (Phi) is 5.15. The summed E-state index contributed by atoms with van der Waals surface area (Å²) in [5.41, 5.74) is 6.19. The van der Waals surface area contributed by atoms with E-state index in [1.807, 2.05) is 13.1 Å². The molecule has 7 heteroatoms. The predicted molar refractivity (Wildman–Crippen MR) is 62.0 cm³/mol. The van der Waals surface area contributed by atoms with Gasteiger partial charge in [-0.2, -0.15) is 5.10 Å². The van der Waals surface area contributed by atoms with E-state index in [4.69, 9.17) is 5.73 Å². The first-order valence-electron chi connectivity index (χ1n) is 5.38. The molecule has 0 atom stereocenters. The fourth-order valence-electron chi connectivity index (χ4n) is 1.30. The van der Waals surface area contributed by atoms with Gasteiger partial charge in [0.1, 0.15) is 0 Å². The van der Waals surface area contributed by atoms with Crippen LogP contribution in [0.15, 0.2) is 12.3 Å². The Morgan fingerprint density at radius 2 is 2.00 bits per heavy atom. The van der Waals surface area contributed by atoms with Crippen molar-refractivity contribution in [3.63, 3.8) is 0 Å². The molecule has 7 nitrogen and oxygen atoms in total. The summed E-state index contributed by atoms with van der Waals surface area (Å²) in [6, 6.07) is 1.86. The fourth-order valence-corrected chi connectivity index (χ4v) is 1.30. The van der Waals surface area contributed by atoms with Crippen LogP contribution < -0.4 is 16.4 Å². The number of nitrogens with zero attached hydrogens (tertiary/aromatic N) is 2. The Morgan fingerprint density at radius 1 is 1.35 bits per heavy atom. The molecular formula is C10H17N5O2. The highest BCUT2D eigenvalue weighted by atomic mass is 16.2. The number of aryl methyl sites for hydroxylation is 1. The number of carbonyl (C=O) groups excluding carboxylic acids is 2. The van der Waals surface area contributed by atoms with Crippen LogP contribution in [0.3, 0.4) is 0 Å². The number of carbonyl (C=O) groups is 2. The molecule has 0 saturated carbocycles. The number of nitrogens with two attached hydrogens (primary N) is 1. The number of aromatic nitrogens is 2. The SMILES string of the molecule is Cn1nccc1CCNC(=O)C(=O)NCCN. The van der Waals surface area contributed by atoms with E-state index in [1.165, 1.54) is 0 Å². The Labute approximate surface area is 99.4 Å². The quantitative estimate of drug-likeness (QED) is 0.525. The topological polar surface area (TPSA) is 102 Å². The lowest BCUT2D eigenvalue weighted by Crippen LogP contribution is -2.42. The summed E-state index contributed by atoms with van der Waals surface area (Å²) < 4.78 is 1.72. The molecule has 0 bridgehead atoms. The van der Waals surface area contributed by atoms with Crippen molar-refractivity contribution in [2.75, 3.05) is 19.6 Å². The van der Waals surface area contributed by atoms with Crippen LogP contribution >= 0.6 is 0 Å². The minimum atomic E-state index is -0.652. The second-order valence-electron chi connectivity index (χ2n) is 3.50. The van der Waals surface area contributed by atoms with E-state index >= 15 is 0 Å². The molecule has 1 aromatic heterocycles. The van der Waals surface area contributed by atoms with Gasteiger partial charge < -0.3 is 16.4 Å². The minimum Gasteiger partial charge on any atom is -0.347 e. The number of nitrogens with one attached hydrogen (secondary N) is 2. The molecule has 0 aliphatic carbocycles. The van der Waals surface area contributed by atoms with Gasteiger partial charge >= 0.3 is 11.8 Å². The van der Waals surface area contributed by atoms with Crippen molar-refractivity contribution < 1.29 is 9.59 Å². The second kappa shape index (κ2) is 6.64. The summed E-state index contributed by atoms with van der Waals surface area (Å²) >= 11 is 0. The second-order valence-corrected chi connectivity index (χ2v) is 3.50. The molecule has 0 saturated heterocycles. The summed E-state index contributed by atoms with van der Waals surface area (Å²) in [7, 11) is 1.82. The van der Waals surface area contributed by atoms with Gasteiger partial charge in [-0.05, 0) is 6.07 Å². The highest BCUT2D eigenvalue weighted by molar-refractivity contribution is 6.35. The molecule has 1 heterocycles. The van der Waals surface area contributed by atoms with Gasteiger partial charge in [0, 0.05) is 45.0 Å². The summed E-state index contributed by atoms with van der Waals surface area (Å²) in [5.74, 6) is -1.29. The van der Waals surface area contributed by atoms with Crippen LogP contribution in [-0.2, 0) is 23.1 Å². The lowest BCUT2D eigenvalue weighted by atomic mass is 10.3. The fraction of sp³-hybridized carbons (Fsp3) is 0.500. The third-order valence-corrected chi connectivity index (χ3v) is 2.23. The van der Waals surface area contributed by atoms with E-state index in [1.54, 1.807) is 10.9 Å². The van der Waals surface area contributed by atoms with Crippen molar-refractivity contribution in [3.8, 4) is 0 Å². The molecule has 0 spiro atoms. The molecule has 0 radical (unpaired) electrons. The average Bonchev–Trinajstić information content (AvgIpc) is 2.72. The molecule has 4 N–H and O–H groups in total. The summed E-state index contributed by atoms with van der Waals surface area (Å²) in [6.45, 7) is 1.01. The van der Waals surface area contributed by atoms with Crippen molar-refractivity contribution in [2.24, 2.45) is 12.8 Å². The molecule has 0 unspecified atom stereocenters. The Morgan fingerprint density at radius 3 is 2.53 bits per heavy atom. The van der Waals surface area contributed by atoms with Crippen molar-refractivity contribution in [2.45, 2.75) is 6.42 Å². The molecule has 2 amide bonds. The highest BCUT2D eigenvalue weighted by Gasteiger charge is 2.11. The zero-order chi connectivity index (χ0) is 12.7. The maximum atomic E-state index is 11.3. The van der Waals surface area contributed by atoms with Crippen LogP contribution in [0.1, 0.15) is 5.69 Å². The lowest BCUT2D eigenvalue weighted by Gasteiger charge is -2.05. The first-order valence-corrected chi connectivity index (χ1v) is 5.38. The van der Waals surface area contributed by atoms with Crippen LogP contribution in [0.25, 0.3) is 0 Å². The first-order chi connectivity index (χ1) is 8.15. The molecule has 1 rings (SSSR count). The lowest BCUT2D eigenvalue weighted by molar-refractivity contribution is -0.139. The van der Waals surface area contributed by atoms with Gasteiger partial charge in [0.15, 0.2) is 0 Å². The van der Waals surface area contributed by atoms with Gasteiger partial charge in [0.05, 0.1) is 0 Å². The van der Waals surface area contributed by atoms with E-state index in [-0.39, 0.29) is 0 Å². The largest absolute Gasteiger partial charge is 0.347 e. The zero-order valence-electron chi connectivity index (χ0n) is 9.77. The third kappa shape index (κ3) is 4.23. The molecule has 17 heavy (non-hydrogen) atoms. The Balaban J connectivity index is 2.24. The van der Waals surface area contributed by atoms with E-state index < -0.39 is 11.8 Å². The number of hydrogen-bond acceptors (Lipinski definition) is 4. The van der Waals surface area contributed by atoms with Crippen molar-refractivity contribution in [3.05, 3.63) is 18.0 Å². The maximum absolute atomic E-state index is 11.3. The van der Waals surface area contributed by atoms with Crippen LogP contribution in [0.5, 0.6) is 0 Å². The van der Waals surface area contributed by atoms with Gasteiger partial charge in [-0.3, -0.25) is 14.3 Å². The van der Waals surface area contributed by atoms with Gasteiger partial charge in [0.2, 0.25) is 0 Å². The standard InChI is InChI=1S/C10H17N5O2/c1-15-8(3-6-14-15)2-5-12-9(16)10(17)13-7-4-11/h3,6H,2,4-5,7,11H2,1H3,(H,12,16)(H,13,17). The van der Waals surface area contributed by atoms with E-state index in [0.717, 1.165) is 5.69 Å². The first kappa shape index (κ1) is 13.2. The van der Waals surface area contributed by atoms with Crippen LogP contribution in [0.2, 0.25) is 0 Å². The zero-order valence-corrected chi connectivity index (χ0v) is 9.77. The van der Waals surface area contributed by atoms with E-state index in [2.05, 4.69) is 15.7 Å². The number of hydrogen-bond donors (Lipinski definition) is 3. The molecular weight excluding hydrogens is 222 g/mol. The van der Waals surface area contributed by atoms with Crippen molar-refractivity contribution in [1.29, 1.82) is 0 Å². The van der Waals surface area contributed by atoms with Gasteiger partial charge in [0.25, 0.3) is 0 Å². The van der Waals surface area contributed by atoms with Crippen LogP contribution in [0, 0.1) is 0 Å². The molecule has 0 aromatic carbocycles. The van der Waals surface area contributed by atoms with E-state index in [0.29, 0.717) is 26.1 Å². The van der Waals surface area contributed by atoms with Crippen LogP contribution in [0.4, 0.5) is 0 Å². The summed E-state index contributed by atoms with van der Waals surface area (Å²) in [5, 5.41) is 8.92. The van der Waals surface area contributed by atoms with Gasteiger partial charge in [-0.15, -0.1) is 0 Å². The molecule has 0 aliphatic rings. The average molecular weight is 239 g/mol. The predicted octanol–water partition coefficient (Wildman–Crippen LogP) is -1.85. The minimum absolute atomic E-state index is 0.300. The third-order valence-electron chi connectivity index (χ3n) is 2.23. The highest BCUT2D eigenvalue weighted by Crippen LogP contribution is 1.95. The molecule has 0 fully saturated rings. The van der Waals surface area contributed by atoms with Gasteiger partial charge in [-0.1, -0.05) is 0 Å². The number of rotatable bonds is 5. The van der Waals surface area contributed by atoms with Gasteiger partial charge in [-0.25, -0.2) is 0 Å². The van der Waals surface area contributed by atoms with E-state index in [9.17, 15) is 9.59 Å². The molecule has 1 aromatic rings. The smallest absolute Gasteiger partial charge is 0.309 e.